The average molecular weight is 277 g/mol. The maximum atomic E-state index is 11.2. The summed E-state index contributed by atoms with van der Waals surface area (Å²) in [6.07, 6.45) is 2.52. The fourth-order valence-corrected chi connectivity index (χ4v) is 2.28. The van der Waals surface area contributed by atoms with Crippen LogP contribution in [0.25, 0.3) is 0 Å². The number of hydrogen-bond donors (Lipinski definition) is 2. The Morgan fingerprint density at radius 2 is 2.00 bits per heavy atom. The Morgan fingerprint density at radius 3 is 2.55 bits per heavy atom. The average Bonchev–Trinajstić information content (AvgIpc) is 2.43. The summed E-state index contributed by atoms with van der Waals surface area (Å²) in [5, 5.41) is 20.1. The summed E-state index contributed by atoms with van der Waals surface area (Å²) in [7, 11) is 0. The van der Waals surface area contributed by atoms with Gasteiger partial charge in [-0.3, -0.25) is 4.79 Å². The molecule has 0 fully saturated rings. The molecule has 0 aliphatic heterocycles. The molecule has 0 aliphatic carbocycles. The highest BCUT2D eigenvalue weighted by Gasteiger charge is 2.26. The van der Waals surface area contributed by atoms with Crippen molar-refractivity contribution in [2.24, 2.45) is 0 Å². The SMILES string of the molecule is CC(O)(CC[C]=O)CC(O)CC(C=O)c1ccccc1. The molecule has 3 unspecified atom stereocenters. The van der Waals surface area contributed by atoms with E-state index in [0.29, 0.717) is 0 Å². The van der Waals surface area contributed by atoms with Gasteiger partial charge < -0.3 is 15.0 Å². The van der Waals surface area contributed by atoms with Crippen molar-refractivity contribution in [3.63, 3.8) is 0 Å². The minimum Gasteiger partial charge on any atom is -0.393 e. The summed E-state index contributed by atoms with van der Waals surface area (Å²) in [6.45, 7) is 1.58. The van der Waals surface area contributed by atoms with Gasteiger partial charge in [0.05, 0.1) is 11.7 Å². The van der Waals surface area contributed by atoms with Gasteiger partial charge in [0.1, 0.15) is 6.29 Å². The van der Waals surface area contributed by atoms with Crippen LogP contribution in [0, 0.1) is 0 Å². The predicted octanol–water partition coefficient (Wildman–Crippen LogP) is 1.75. The van der Waals surface area contributed by atoms with E-state index in [4.69, 9.17) is 0 Å². The van der Waals surface area contributed by atoms with E-state index < -0.39 is 11.7 Å². The van der Waals surface area contributed by atoms with E-state index in [2.05, 4.69) is 0 Å². The molecule has 2 N–H and O–H groups in total. The van der Waals surface area contributed by atoms with Gasteiger partial charge in [-0.15, -0.1) is 0 Å². The van der Waals surface area contributed by atoms with E-state index in [9.17, 15) is 19.8 Å². The largest absolute Gasteiger partial charge is 0.393 e. The molecule has 20 heavy (non-hydrogen) atoms. The summed E-state index contributed by atoms with van der Waals surface area (Å²) in [6, 6.07) is 9.22. The molecule has 1 rings (SSSR count). The lowest BCUT2D eigenvalue weighted by atomic mass is 9.87. The van der Waals surface area contributed by atoms with Crippen LogP contribution in [0.1, 0.15) is 44.1 Å². The van der Waals surface area contributed by atoms with Gasteiger partial charge in [-0.1, -0.05) is 30.3 Å². The van der Waals surface area contributed by atoms with Gasteiger partial charge >= 0.3 is 0 Å². The summed E-state index contributed by atoms with van der Waals surface area (Å²) >= 11 is 0. The molecule has 109 valence electrons. The van der Waals surface area contributed by atoms with Crippen LogP contribution >= 0.6 is 0 Å². The molecule has 4 heteroatoms. The zero-order valence-electron chi connectivity index (χ0n) is 11.7. The number of benzene rings is 1. The Balaban J connectivity index is 2.57. The topological polar surface area (TPSA) is 74.6 Å². The van der Waals surface area contributed by atoms with Crippen molar-refractivity contribution >= 4 is 12.6 Å². The van der Waals surface area contributed by atoms with Crippen LogP contribution in [0.5, 0.6) is 0 Å². The van der Waals surface area contributed by atoms with Crippen LogP contribution in [0.2, 0.25) is 0 Å². The molecule has 0 saturated heterocycles. The molecule has 0 spiro atoms. The number of aldehydes is 1. The summed E-state index contributed by atoms with van der Waals surface area (Å²) in [4.78, 5) is 21.4. The molecule has 0 aromatic heterocycles. The maximum Gasteiger partial charge on any atom is 0.198 e. The van der Waals surface area contributed by atoms with Crippen molar-refractivity contribution in [2.45, 2.75) is 50.2 Å². The normalized spacial score (nSPS) is 16.9. The second-order valence-corrected chi connectivity index (χ2v) is 5.39. The van der Waals surface area contributed by atoms with Crippen LogP contribution in [0.3, 0.4) is 0 Å². The Kier molecular flexibility index (Phi) is 6.55. The maximum absolute atomic E-state index is 11.2. The lowest BCUT2D eigenvalue weighted by Crippen LogP contribution is -2.31. The standard InChI is InChI=1S/C16H21O4/c1-16(20,8-5-9-17)11-15(19)10-14(12-18)13-6-3-2-4-7-13/h2-4,6-7,12,14-15,19-20H,5,8,10-11H2,1H3. The van der Waals surface area contributed by atoms with Gasteiger partial charge in [0.15, 0.2) is 6.29 Å². The fraction of sp³-hybridized carbons (Fsp3) is 0.500. The van der Waals surface area contributed by atoms with Crippen LogP contribution in [0.4, 0.5) is 0 Å². The number of rotatable bonds is 9. The molecule has 1 aromatic carbocycles. The van der Waals surface area contributed by atoms with Crippen LogP contribution in [-0.2, 0) is 9.59 Å². The first-order valence-electron chi connectivity index (χ1n) is 6.74. The van der Waals surface area contributed by atoms with Gasteiger partial charge in [0.2, 0.25) is 0 Å². The van der Waals surface area contributed by atoms with Gasteiger partial charge in [0.25, 0.3) is 0 Å². The first-order valence-corrected chi connectivity index (χ1v) is 6.74. The molecule has 3 atom stereocenters. The molecule has 1 aromatic rings. The number of carbonyl (C=O) groups is 1. The summed E-state index contributed by atoms with van der Waals surface area (Å²) in [5.41, 5.74) is -0.275. The number of carbonyl (C=O) groups excluding carboxylic acids is 2. The highest BCUT2D eigenvalue weighted by atomic mass is 16.3. The third-order valence-corrected chi connectivity index (χ3v) is 3.36. The van der Waals surface area contributed by atoms with Crippen LogP contribution in [0.15, 0.2) is 30.3 Å². The minimum absolute atomic E-state index is 0.131. The molecule has 0 saturated carbocycles. The van der Waals surface area contributed by atoms with E-state index in [1.165, 1.54) is 0 Å². The van der Waals surface area contributed by atoms with E-state index in [-0.39, 0.29) is 31.6 Å². The lowest BCUT2D eigenvalue weighted by Gasteiger charge is -2.26. The summed E-state index contributed by atoms with van der Waals surface area (Å²) in [5.74, 6) is -0.389. The second-order valence-electron chi connectivity index (χ2n) is 5.39. The first-order chi connectivity index (χ1) is 9.48. The Labute approximate surface area is 119 Å². The molecular formula is C16H21O4. The predicted molar refractivity (Wildman–Crippen MR) is 76.0 cm³/mol. The van der Waals surface area contributed by atoms with Crippen molar-refractivity contribution in [2.75, 3.05) is 0 Å². The molecule has 0 bridgehead atoms. The van der Waals surface area contributed by atoms with Crippen molar-refractivity contribution in [3.05, 3.63) is 35.9 Å². The summed E-state index contributed by atoms with van der Waals surface area (Å²) < 4.78 is 0. The van der Waals surface area contributed by atoms with Gasteiger partial charge in [-0.25, -0.2) is 0 Å². The zero-order valence-corrected chi connectivity index (χ0v) is 11.7. The van der Waals surface area contributed by atoms with Crippen molar-refractivity contribution < 1.29 is 19.8 Å². The molecule has 0 heterocycles. The minimum atomic E-state index is -1.12. The Bertz CT molecular complexity index is 414. The fourth-order valence-electron chi connectivity index (χ4n) is 2.28. The number of aliphatic hydroxyl groups excluding tert-OH is 1. The van der Waals surface area contributed by atoms with Crippen molar-refractivity contribution in [3.8, 4) is 0 Å². The monoisotopic (exact) mass is 277 g/mol. The van der Waals surface area contributed by atoms with Crippen molar-refractivity contribution in [1.82, 2.24) is 0 Å². The Hall–Kier alpha value is -1.52. The third-order valence-electron chi connectivity index (χ3n) is 3.36. The van der Waals surface area contributed by atoms with E-state index in [1.807, 2.05) is 30.3 Å². The molecule has 0 amide bonds. The van der Waals surface area contributed by atoms with Gasteiger partial charge in [0, 0.05) is 18.8 Å². The first kappa shape index (κ1) is 16.5. The van der Waals surface area contributed by atoms with Gasteiger partial charge in [-0.2, -0.15) is 0 Å². The quantitative estimate of drug-likeness (QED) is 0.674. The molecule has 4 nitrogen and oxygen atoms in total. The van der Waals surface area contributed by atoms with E-state index in [0.717, 1.165) is 11.8 Å². The van der Waals surface area contributed by atoms with Crippen LogP contribution in [-0.4, -0.2) is 34.5 Å². The zero-order chi connectivity index (χ0) is 15.0. The lowest BCUT2D eigenvalue weighted by molar-refractivity contribution is -0.110. The Morgan fingerprint density at radius 1 is 1.35 bits per heavy atom. The smallest absolute Gasteiger partial charge is 0.198 e. The van der Waals surface area contributed by atoms with Crippen LogP contribution < -0.4 is 0 Å². The molecule has 1 radical (unpaired) electrons. The third kappa shape index (κ3) is 5.63. The van der Waals surface area contributed by atoms with E-state index in [1.54, 1.807) is 13.2 Å². The van der Waals surface area contributed by atoms with Gasteiger partial charge in [-0.05, 0) is 25.3 Å². The van der Waals surface area contributed by atoms with Crippen molar-refractivity contribution in [1.29, 1.82) is 0 Å². The highest BCUT2D eigenvalue weighted by Crippen LogP contribution is 2.25. The number of hydrogen-bond acceptors (Lipinski definition) is 4. The highest BCUT2D eigenvalue weighted by molar-refractivity contribution is 5.62. The second kappa shape index (κ2) is 7.92. The number of aliphatic hydroxyl groups is 2. The van der Waals surface area contributed by atoms with E-state index >= 15 is 0 Å². The molecular weight excluding hydrogens is 256 g/mol. The molecule has 0 aliphatic rings.